The van der Waals surface area contributed by atoms with E-state index in [-0.39, 0.29) is 0 Å². The molecule has 1 rings (SSSR count). The van der Waals surface area contributed by atoms with Crippen molar-refractivity contribution < 1.29 is 0 Å². The summed E-state index contributed by atoms with van der Waals surface area (Å²) in [5, 5.41) is 0.710. The highest BCUT2D eigenvalue weighted by Crippen LogP contribution is 2.28. The molecule has 0 aliphatic carbocycles. The van der Waals surface area contributed by atoms with Crippen LogP contribution in [0.15, 0.2) is 18.2 Å². The van der Waals surface area contributed by atoms with Gasteiger partial charge in [-0.05, 0) is 24.0 Å². The van der Waals surface area contributed by atoms with Crippen molar-refractivity contribution in [2.45, 2.75) is 20.3 Å². The zero-order valence-corrected chi connectivity index (χ0v) is 8.60. The second-order valence-corrected chi connectivity index (χ2v) is 3.85. The minimum atomic E-state index is 0.528. The molecular weight excluding hydrogens is 182 g/mol. The van der Waals surface area contributed by atoms with Gasteiger partial charge in [0.05, 0.1) is 6.57 Å². The summed E-state index contributed by atoms with van der Waals surface area (Å²) in [6.07, 6.45) is 0.872. The van der Waals surface area contributed by atoms with Gasteiger partial charge in [0.1, 0.15) is 0 Å². The first kappa shape index (κ1) is 10.1. The summed E-state index contributed by atoms with van der Waals surface area (Å²) in [5.41, 5.74) is 1.66. The Kier molecular flexibility index (Phi) is 3.33. The lowest BCUT2D eigenvalue weighted by atomic mass is 10.0. The van der Waals surface area contributed by atoms with Crippen LogP contribution in [0.5, 0.6) is 0 Å². The Morgan fingerprint density at radius 1 is 1.46 bits per heavy atom. The van der Waals surface area contributed by atoms with E-state index in [1.54, 1.807) is 0 Å². The Morgan fingerprint density at radius 3 is 2.69 bits per heavy atom. The minimum absolute atomic E-state index is 0.528. The monoisotopic (exact) mass is 193 g/mol. The highest BCUT2D eigenvalue weighted by Gasteiger charge is 2.07. The van der Waals surface area contributed by atoms with Gasteiger partial charge in [-0.15, -0.1) is 0 Å². The molecule has 0 spiro atoms. The van der Waals surface area contributed by atoms with Gasteiger partial charge in [0.25, 0.3) is 0 Å². The molecule has 1 nitrogen and oxygen atoms in total. The van der Waals surface area contributed by atoms with Crippen molar-refractivity contribution in [3.05, 3.63) is 40.2 Å². The van der Waals surface area contributed by atoms with E-state index < -0.39 is 0 Å². The molecule has 0 unspecified atom stereocenters. The van der Waals surface area contributed by atoms with E-state index in [0.717, 1.165) is 12.0 Å². The van der Waals surface area contributed by atoms with Crippen molar-refractivity contribution in [3.63, 3.8) is 0 Å². The van der Waals surface area contributed by atoms with E-state index in [0.29, 0.717) is 16.6 Å². The molecule has 0 fully saturated rings. The van der Waals surface area contributed by atoms with Gasteiger partial charge < -0.3 is 0 Å². The fraction of sp³-hybridized carbons (Fsp3) is 0.364. The molecule has 0 aliphatic rings. The van der Waals surface area contributed by atoms with Crippen LogP contribution in [-0.4, -0.2) is 0 Å². The lowest BCUT2D eigenvalue weighted by Crippen LogP contribution is -1.94. The molecule has 0 atom stereocenters. The van der Waals surface area contributed by atoms with E-state index in [1.165, 1.54) is 0 Å². The first-order chi connectivity index (χ1) is 6.15. The molecule has 2 heteroatoms. The predicted octanol–water partition coefficient (Wildman–Crippen LogP) is 4.09. The number of rotatable bonds is 2. The Morgan fingerprint density at radius 2 is 2.15 bits per heavy atom. The maximum absolute atomic E-state index is 6.99. The Balaban J connectivity index is 3.10. The van der Waals surface area contributed by atoms with Gasteiger partial charge in [0, 0.05) is 5.02 Å². The molecule has 0 aromatic heterocycles. The predicted molar refractivity (Wildman–Crippen MR) is 56.3 cm³/mol. The Labute approximate surface area is 84.2 Å². The number of hydrogen-bond donors (Lipinski definition) is 0. The van der Waals surface area contributed by atoms with Gasteiger partial charge in [-0.25, -0.2) is 4.85 Å². The molecule has 0 bridgehead atoms. The van der Waals surface area contributed by atoms with Crippen LogP contribution in [0.4, 0.5) is 5.69 Å². The third-order valence-corrected chi connectivity index (χ3v) is 2.18. The number of halogens is 1. The van der Waals surface area contributed by atoms with Crippen LogP contribution >= 0.6 is 11.6 Å². The number of benzene rings is 1. The zero-order valence-electron chi connectivity index (χ0n) is 7.84. The first-order valence-electron chi connectivity index (χ1n) is 4.30. The molecule has 0 saturated carbocycles. The quantitative estimate of drug-likeness (QED) is 0.624. The van der Waals surface area contributed by atoms with Crippen LogP contribution in [0, 0.1) is 12.5 Å². The van der Waals surface area contributed by atoms with Crippen LogP contribution < -0.4 is 0 Å². The van der Waals surface area contributed by atoms with E-state index >= 15 is 0 Å². The minimum Gasteiger partial charge on any atom is -0.238 e. The molecule has 1 aromatic rings. The molecule has 0 heterocycles. The Bertz CT molecular complexity index is 336. The molecule has 0 amide bonds. The topological polar surface area (TPSA) is 4.36 Å². The summed E-state index contributed by atoms with van der Waals surface area (Å²) in [5.74, 6) is 0.528. The summed E-state index contributed by atoms with van der Waals surface area (Å²) >= 11 is 6.01. The van der Waals surface area contributed by atoms with Gasteiger partial charge in [0.15, 0.2) is 5.69 Å². The normalized spacial score (nSPS) is 10.1. The van der Waals surface area contributed by atoms with Crippen molar-refractivity contribution >= 4 is 17.3 Å². The fourth-order valence-electron chi connectivity index (χ4n) is 1.26. The molecule has 0 saturated heterocycles. The zero-order chi connectivity index (χ0) is 9.84. The lowest BCUT2D eigenvalue weighted by molar-refractivity contribution is 0.649. The van der Waals surface area contributed by atoms with Crippen molar-refractivity contribution in [1.82, 2.24) is 0 Å². The van der Waals surface area contributed by atoms with E-state index in [9.17, 15) is 0 Å². The summed E-state index contributed by atoms with van der Waals surface area (Å²) in [4.78, 5) is 3.45. The maximum Gasteiger partial charge on any atom is 0.191 e. The average molecular weight is 194 g/mol. The smallest absolute Gasteiger partial charge is 0.191 e. The Hall–Kier alpha value is -1.00. The van der Waals surface area contributed by atoms with E-state index in [2.05, 4.69) is 18.7 Å². The van der Waals surface area contributed by atoms with Gasteiger partial charge in [-0.1, -0.05) is 37.6 Å². The van der Waals surface area contributed by atoms with Crippen LogP contribution in [0.2, 0.25) is 5.02 Å². The average Bonchev–Trinajstić information content (AvgIpc) is 2.08. The first-order valence-corrected chi connectivity index (χ1v) is 4.67. The van der Waals surface area contributed by atoms with E-state index in [1.807, 2.05) is 18.2 Å². The molecular formula is C11H12ClN. The third kappa shape index (κ3) is 2.47. The highest BCUT2D eigenvalue weighted by atomic mass is 35.5. The highest BCUT2D eigenvalue weighted by molar-refractivity contribution is 6.31. The van der Waals surface area contributed by atoms with Gasteiger partial charge >= 0.3 is 0 Å². The second kappa shape index (κ2) is 4.30. The third-order valence-electron chi connectivity index (χ3n) is 1.83. The van der Waals surface area contributed by atoms with Gasteiger partial charge in [0.2, 0.25) is 0 Å². The molecule has 68 valence electrons. The van der Waals surface area contributed by atoms with Crippen LogP contribution in [-0.2, 0) is 6.42 Å². The van der Waals surface area contributed by atoms with Crippen molar-refractivity contribution in [1.29, 1.82) is 0 Å². The number of hydrogen-bond acceptors (Lipinski definition) is 0. The van der Waals surface area contributed by atoms with Crippen molar-refractivity contribution in [3.8, 4) is 0 Å². The largest absolute Gasteiger partial charge is 0.238 e. The summed E-state index contributed by atoms with van der Waals surface area (Å²) in [6, 6.07) is 5.48. The van der Waals surface area contributed by atoms with Crippen LogP contribution in [0.1, 0.15) is 19.4 Å². The molecule has 13 heavy (non-hydrogen) atoms. The van der Waals surface area contributed by atoms with E-state index in [4.69, 9.17) is 18.2 Å². The lowest BCUT2D eigenvalue weighted by Gasteiger charge is -2.08. The van der Waals surface area contributed by atoms with Gasteiger partial charge in [-0.2, -0.15) is 0 Å². The van der Waals surface area contributed by atoms with Crippen molar-refractivity contribution in [2.75, 3.05) is 0 Å². The van der Waals surface area contributed by atoms with Crippen LogP contribution in [0.25, 0.3) is 4.85 Å². The SMILES string of the molecule is [C-]#[N+]c1cccc(Cl)c1CC(C)C. The molecule has 0 aliphatic heterocycles. The second-order valence-electron chi connectivity index (χ2n) is 3.45. The molecule has 1 aromatic carbocycles. The molecule has 0 N–H and O–H groups in total. The standard InChI is InChI=1S/C11H12ClN/c1-8(2)7-9-10(12)5-4-6-11(9)13-3/h4-6,8H,7H2,1-2H3. The van der Waals surface area contributed by atoms with Crippen LogP contribution in [0.3, 0.4) is 0 Å². The summed E-state index contributed by atoms with van der Waals surface area (Å²) in [7, 11) is 0. The molecule has 0 radical (unpaired) electrons. The summed E-state index contributed by atoms with van der Waals surface area (Å²) in [6.45, 7) is 11.2. The fourth-order valence-corrected chi connectivity index (χ4v) is 1.51. The summed E-state index contributed by atoms with van der Waals surface area (Å²) < 4.78 is 0. The maximum atomic E-state index is 6.99. The van der Waals surface area contributed by atoms with Gasteiger partial charge in [-0.3, -0.25) is 0 Å². The number of nitrogens with zero attached hydrogens (tertiary/aromatic N) is 1. The van der Waals surface area contributed by atoms with Crippen molar-refractivity contribution in [2.24, 2.45) is 5.92 Å².